The molecule has 1 atom stereocenters. The molecule has 1 aliphatic heterocycles. The molecule has 1 saturated heterocycles. The van der Waals surface area contributed by atoms with Crippen molar-refractivity contribution in [3.63, 3.8) is 0 Å². The van der Waals surface area contributed by atoms with Crippen molar-refractivity contribution in [1.82, 2.24) is 14.9 Å². The van der Waals surface area contributed by atoms with Gasteiger partial charge in [-0.05, 0) is 37.3 Å². The maximum Gasteiger partial charge on any atom is 0.264 e. The lowest BCUT2D eigenvalue weighted by molar-refractivity contribution is 0.0794. The normalized spacial score (nSPS) is 19.1. The lowest BCUT2D eigenvalue weighted by atomic mass is 10.1. The summed E-state index contributed by atoms with van der Waals surface area (Å²) in [6.07, 6.45) is 2.84. The Bertz CT molecular complexity index is 601. The van der Waals surface area contributed by atoms with E-state index in [9.17, 15) is 4.79 Å². The van der Waals surface area contributed by atoms with E-state index >= 15 is 0 Å². The molecule has 1 aliphatic rings. The monoisotopic (exact) mass is 275 g/mol. The number of carbonyl (C=O) groups excluding carboxylic acids is 1. The third kappa shape index (κ3) is 2.30. The fraction of sp³-hybridized carbons (Fsp3) is 0.429. The van der Waals surface area contributed by atoms with Crippen molar-refractivity contribution >= 4 is 17.2 Å². The first-order chi connectivity index (χ1) is 9.15. The zero-order valence-electron chi connectivity index (χ0n) is 11.1. The van der Waals surface area contributed by atoms with Crippen LogP contribution in [0.2, 0.25) is 0 Å². The van der Waals surface area contributed by atoms with Crippen LogP contribution < -0.4 is 0 Å². The van der Waals surface area contributed by atoms with Gasteiger partial charge in [-0.2, -0.15) is 0 Å². The second-order valence-electron chi connectivity index (χ2n) is 5.12. The predicted molar refractivity (Wildman–Crippen MR) is 75.6 cm³/mol. The first-order valence-electron chi connectivity index (χ1n) is 6.50. The number of amides is 1. The average molecular weight is 275 g/mol. The second-order valence-corrected chi connectivity index (χ2v) is 6.04. The topological polar surface area (TPSA) is 49.0 Å². The van der Waals surface area contributed by atoms with Gasteiger partial charge in [-0.25, -0.2) is 4.98 Å². The minimum absolute atomic E-state index is 0.165. The number of H-pyrrole nitrogens is 1. The van der Waals surface area contributed by atoms with E-state index in [-0.39, 0.29) is 5.91 Å². The predicted octanol–water partition coefficient (Wildman–Crippen LogP) is 2.72. The number of aromatic nitrogens is 2. The van der Waals surface area contributed by atoms with Crippen LogP contribution in [0.4, 0.5) is 0 Å². The van der Waals surface area contributed by atoms with Crippen LogP contribution in [-0.4, -0.2) is 33.9 Å². The van der Waals surface area contributed by atoms with E-state index in [2.05, 4.69) is 9.97 Å². The number of likely N-dealkylation sites (tertiary alicyclic amines) is 1. The molecule has 3 heterocycles. The zero-order valence-corrected chi connectivity index (χ0v) is 12.0. The Hall–Kier alpha value is -1.62. The summed E-state index contributed by atoms with van der Waals surface area (Å²) in [5, 5.41) is 1.98. The van der Waals surface area contributed by atoms with Crippen LogP contribution >= 0.6 is 11.3 Å². The lowest BCUT2D eigenvalue weighted by Crippen LogP contribution is -2.28. The number of imidazole rings is 1. The van der Waals surface area contributed by atoms with Gasteiger partial charge in [0.25, 0.3) is 5.91 Å². The van der Waals surface area contributed by atoms with E-state index in [0.717, 1.165) is 41.5 Å². The summed E-state index contributed by atoms with van der Waals surface area (Å²) >= 11 is 1.53. The minimum Gasteiger partial charge on any atom is -0.346 e. The third-order valence-electron chi connectivity index (χ3n) is 3.64. The van der Waals surface area contributed by atoms with Crippen molar-refractivity contribution in [2.24, 2.45) is 0 Å². The van der Waals surface area contributed by atoms with Crippen molar-refractivity contribution in [1.29, 1.82) is 0 Å². The van der Waals surface area contributed by atoms with Gasteiger partial charge in [0.2, 0.25) is 0 Å². The molecule has 1 N–H and O–H groups in total. The number of aryl methyl sites for hydroxylation is 2. The van der Waals surface area contributed by atoms with E-state index in [1.165, 1.54) is 11.3 Å². The van der Waals surface area contributed by atoms with Gasteiger partial charge in [0.1, 0.15) is 5.82 Å². The summed E-state index contributed by atoms with van der Waals surface area (Å²) in [5.41, 5.74) is 2.15. The van der Waals surface area contributed by atoms with Crippen molar-refractivity contribution in [3.8, 4) is 0 Å². The van der Waals surface area contributed by atoms with Gasteiger partial charge >= 0.3 is 0 Å². The molecule has 100 valence electrons. The quantitative estimate of drug-likeness (QED) is 0.916. The SMILES string of the molecule is Cc1cnc([C@@H]2CCN(C(=O)c3sccc3C)C2)[nH]1. The van der Waals surface area contributed by atoms with Crippen LogP contribution in [-0.2, 0) is 0 Å². The highest BCUT2D eigenvalue weighted by Gasteiger charge is 2.30. The molecule has 5 heteroatoms. The third-order valence-corrected chi connectivity index (χ3v) is 4.65. The number of hydrogen-bond donors (Lipinski definition) is 1. The molecule has 2 aromatic heterocycles. The highest BCUT2D eigenvalue weighted by molar-refractivity contribution is 7.12. The van der Waals surface area contributed by atoms with Crippen molar-refractivity contribution in [3.05, 3.63) is 39.6 Å². The van der Waals surface area contributed by atoms with Crippen LogP contribution in [0.25, 0.3) is 0 Å². The van der Waals surface area contributed by atoms with E-state index in [1.807, 2.05) is 36.4 Å². The largest absolute Gasteiger partial charge is 0.346 e. The second kappa shape index (κ2) is 4.81. The summed E-state index contributed by atoms with van der Waals surface area (Å²) in [6.45, 7) is 5.58. The molecule has 0 aliphatic carbocycles. The lowest BCUT2D eigenvalue weighted by Gasteiger charge is -2.15. The zero-order chi connectivity index (χ0) is 13.4. The summed E-state index contributed by atoms with van der Waals surface area (Å²) in [6, 6.07) is 2.00. The van der Waals surface area contributed by atoms with Crippen LogP contribution in [0.5, 0.6) is 0 Å². The smallest absolute Gasteiger partial charge is 0.264 e. The molecule has 0 unspecified atom stereocenters. The number of hydrogen-bond acceptors (Lipinski definition) is 3. The molecule has 19 heavy (non-hydrogen) atoms. The van der Waals surface area contributed by atoms with Gasteiger partial charge in [0.15, 0.2) is 0 Å². The van der Waals surface area contributed by atoms with Gasteiger partial charge < -0.3 is 9.88 Å². The molecule has 0 radical (unpaired) electrons. The Balaban J connectivity index is 1.72. The number of carbonyl (C=O) groups is 1. The number of nitrogens with zero attached hydrogens (tertiary/aromatic N) is 2. The van der Waals surface area contributed by atoms with Crippen molar-refractivity contribution in [2.45, 2.75) is 26.2 Å². The highest BCUT2D eigenvalue weighted by Crippen LogP contribution is 2.28. The molecule has 2 aromatic rings. The molecule has 3 rings (SSSR count). The van der Waals surface area contributed by atoms with E-state index in [1.54, 1.807) is 0 Å². The molecular weight excluding hydrogens is 258 g/mol. The van der Waals surface area contributed by atoms with E-state index in [4.69, 9.17) is 0 Å². The van der Waals surface area contributed by atoms with Gasteiger partial charge in [0, 0.05) is 30.9 Å². The first kappa shape index (κ1) is 12.4. The fourth-order valence-corrected chi connectivity index (χ4v) is 3.44. The molecule has 0 spiro atoms. The molecule has 0 saturated carbocycles. The van der Waals surface area contributed by atoms with Crippen molar-refractivity contribution in [2.75, 3.05) is 13.1 Å². The molecule has 4 nitrogen and oxygen atoms in total. The fourth-order valence-electron chi connectivity index (χ4n) is 2.54. The van der Waals surface area contributed by atoms with Gasteiger partial charge in [-0.1, -0.05) is 0 Å². The van der Waals surface area contributed by atoms with Crippen LogP contribution in [0.3, 0.4) is 0 Å². The van der Waals surface area contributed by atoms with Crippen molar-refractivity contribution < 1.29 is 4.79 Å². The Morgan fingerprint density at radius 2 is 2.37 bits per heavy atom. The molecule has 0 aromatic carbocycles. The Labute approximate surface area is 116 Å². The standard InChI is InChI=1S/C14H17N3OS/c1-9-4-6-19-12(9)14(18)17-5-3-11(8-17)13-15-7-10(2)16-13/h4,6-7,11H,3,5,8H2,1-2H3,(H,15,16)/t11-/m1/s1. The van der Waals surface area contributed by atoms with Gasteiger partial charge in [-0.3, -0.25) is 4.79 Å². The number of nitrogens with one attached hydrogen (secondary N) is 1. The Kier molecular flexibility index (Phi) is 3.14. The molecular formula is C14H17N3OS. The maximum absolute atomic E-state index is 12.4. The highest BCUT2D eigenvalue weighted by atomic mass is 32.1. The van der Waals surface area contributed by atoms with Crippen LogP contribution in [0.15, 0.2) is 17.6 Å². The van der Waals surface area contributed by atoms with Gasteiger partial charge in [0.05, 0.1) is 4.88 Å². The maximum atomic E-state index is 12.4. The van der Waals surface area contributed by atoms with Gasteiger partial charge in [-0.15, -0.1) is 11.3 Å². The van der Waals surface area contributed by atoms with Crippen LogP contribution in [0.1, 0.15) is 39.1 Å². The number of aromatic amines is 1. The molecule has 1 fully saturated rings. The summed E-state index contributed by atoms with van der Waals surface area (Å²) in [5.74, 6) is 1.52. The Morgan fingerprint density at radius 3 is 3.00 bits per heavy atom. The minimum atomic E-state index is 0.165. The summed E-state index contributed by atoms with van der Waals surface area (Å²) < 4.78 is 0. The molecule has 1 amide bonds. The number of thiophene rings is 1. The van der Waals surface area contributed by atoms with Crippen LogP contribution in [0, 0.1) is 13.8 Å². The number of rotatable bonds is 2. The summed E-state index contributed by atoms with van der Waals surface area (Å²) in [4.78, 5) is 22.9. The first-order valence-corrected chi connectivity index (χ1v) is 7.38. The average Bonchev–Trinajstić information content (AvgIpc) is 3.07. The Morgan fingerprint density at radius 1 is 1.53 bits per heavy atom. The van der Waals surface area contributed by atoms with E-state index < -0.39 is 0 Å². The molecule has 0 bridgehead atoms. The summed E-state index contributed by atoms with van der Waals surface area (Å²) in [7, 11) is 0. The van der Waals surface area contributed by atoms with E-state index in [0.29, 0.717) is 5.92 Å².